The van der Waals surface area contributed by atoms with Crippen molar-refractivity contribution in [3.8, 4) is 11.1 Å². The van der Waals surface area contributed by atoms with Gasteiger partial charge in [0.2, 0.25) is 11.6 Å². The lowest BCUT2D eigenvalue weighted by atomic mass is 9.82. The Labute approximate surface area is 232 Å². The van der Waals surface area contributed by atoms with Crippen LogP contribution in [0.15, 0.2) is 95.4 Å². The number of aromatic nitrogens is 5. The molecule has 0 fully saturated rings. The molecule has 1 aliphatic rings. The summed E-state index contributed by atoms with van der Waals surface area (Å²) in [6, 6.07) is 32.5. The van der Waals surface area contributed by atoms with Crippen LogP contribution in [0.4, 0.5) is 0 Å². The topological polar surface area (TPSA) is 52.2 Å². The minimum atomic E-state index is -0.0726. The maximum atomic E-state index is 6.37. The van der Waals surface area contributed by atoms with E-state index in [1.54, 1.807) is 0 Å². The van der Waals surface area contributed by atoms with E-state index in [4.69, 9.17) is 14.4 Å². The molecule has 5 aromatic heterocycles. The first kappa shape index (κ1) is 20.5. The van der Waals surface area contributed by atoms with Crippen molar-refractivity contribution in [1.29, 1.82) is 0 Å². The highest BCUT2D eigenvalue weighted by Crippen LogP contribution is 2.50. The fraction of sp³-hybridized carbons (Fsp3) is 0.0857. The van der Waals surface area contributed by atoms with Crippen molar-refractivity contribution in [3.05, 3.63) is 102 Å². The number of benzene rings is 5. The van der Waals surface area contributed by atoms with E-state index in [9.17, 15) is 0 Å². The zero-order chi connectivity index (χ0) is 26.8. The first-order valence-corrected chi connectivity index (χ1v) is 14.0. The third kappa shape index (κ3) is 2.13. The summed E-state index contributed by atoms with van der Waals surface area (Å²) < 4.78 is 13.2. The largest absolute Gasteiger partial charge is 0.454 e. The van der Waals surface area contributed by atoms with Gasteiger partial charge in [0.1, 0.15) is 16.6 Å². The average Bonchev–Trinajstić information content (AvgIpc) is 3.79. The summed E-state index contributed by atoms with van der Waals surface area (Å²) in [5.74, 6) is 1.73. The van der Waals surface area contributed by atoms with E-state index < -0.39 is 0 Å². The van der Waals surface area contributed by atoms with E-state index in [2.05, 4.69) is 106 Å². The van der Waals surface area contributed by atoms with Crippen molar-refractivity contribution in [2.45, 2.75) is 19.3 Å². The summed E-state index contributed by atoms with van der Waals surface area (Å²) in [7, 11) is 0. The Morgan fingerprint density at radius 3 is 2.29 bits per heavy atom. The van der Waals surface area contributed by atoms with Gasteiger partial charge in [0.25, 0.3) is 0 Å². The molecule has 0 radical (unpaired) electrons. The molecule has 0 spiro atoms. The number of rotatable bonds is 0. The zero-order valence-corrected chi connectivity index (χ0v) is 22.3. The highest BCUT2D eigenvalue weighted by Gasteiger charge is 2.36. The number of fused-ring (bicyclic) bond motifs is 17. The van der Waals surface area contributed by atoms with Gasteiger partial charge in [-0.15, -0.1) is 0 Å². The fourth-order valence-electron chi connectivity index (χ4n) is 7.74. The van der Waals surface area contributed by atoms with Gasteiger partial charge in [-0.05, 0) is 64.7 Å². The highest BCUT2D eigenvalue weighted by molar-refractivity contribution is 6.15. The van der Waals surface area contributed by atoms with Crippen LogP contribution in [0.5, 0.6) is 0 Å². The maximum absolute atomic E-state index is 6.37. The second-order valence-corrected chi connectivity index (χ2v) is 11.9. The third-order valence-corrected chi connectivity index (χ3v) is 9.59. The molecule has 192 valence electrons. The second kappa shape index (κ2) is 6.34. The molecule has 5 heterocycles. The van der Waals surface area contributed by atoms with E-state index in [0.717, 1.165) is 72.1 Å². The van der Waals surface area contributed by atoms with Gasteiger partial charge in [-0.1, -0.05) is 62.4 Å². The standard InChI is InChI=1S/C35H21N5O/c1-35(2)22-10-5-3-8-18(22)21-16-24-28(17-23(21)35)39-27-12-7-11-26-31(27)40(33(39)36-24)34-37-30-25(38(26)34)15-14-20-19-9-4-6-13-29(19)41-32(20)30/h3-17H,1-2H3. The smallest absolute Gasteiger partial charge is 0.223 e. The van der Waals surface area contributed by atoms with Crippen LogP contribution in [-0.2, 0) is 5.41 Å². The molecule has 0 atom stereocenters. The number of imidazole rings is 4. The monoisotopic (exact) mass is 527 g/mol. The van der Waals surface area contributed by atoms with E-state index in [-0.39, 0.29) is 5.41 Å². The molecule has 6 heteroatoms. The molecule has 0 unspecified atom stereocenters. The normalized spacial score (nSPS) is 14.8. The summed E-state index contributed by atoms with van der Waals surface area (Å²) in [6.45, 7) is 4.65. The first-order valence-electron chi connectivity index (χ1n) is 14.0. The maximum Gasteiger partial charge on any atom is 0.223 e. The van der Waals surface area contributed by atoms with E-state index in [1.165, 1.54) is 22.3 Å². The van der Waals surface area contributed by atoms with Gasteiger partial charge in [-0.3, -0.25) is 8.80 Å². The molecule has 0 bridgehead atoms. The number of nitrogens with zero attached hydrogens (tertiary/aromatic N) is 5. The lowest BCUT2D eigenvalue weighted by Gasteiger charge is -2.21. The van der Waals surface area contributed by atoms with Gasteiger partial charge in [0, 0.05) is 16.2 Å². The predicted octanol–water partition coefficient (Wildman–Crippen LogP) is 8.34. The summed E-state index contributed by atoms with van der Waals surface area (Å²) in [4.78, 5) is 10.5. The van der Waals surface area contributed by atoms with E-state index in [0.29, 0.717) is 0 Å². The lowest BCUT2D eigenvalue weighted by Crippen LogP contribution is -2.14. The Morgan fingerprint density at radius 1 is 0.610 bits per heavy atom. The van der Waals surface area contributed by atoms with Crippen LogP contribution in [0.1, 0.15) is 25.0 Å². The minimum Gasteiger partial charge on any atom is -0.454 e. The van der Waals surface area contributed by atoms with Crippen molar-refractivity contribution < 1.29 is 4.42 Å². The zero-order valence-electron chi connectivity index (χ0n) is 22.3. The molecule has 1 aliphatic carbocycles. The Morgan fingerprint density at radius 2 is 1.39 bits per heavy atom. The van der Waals surface area contributed by atoms with Crippen molar-refractivity contribution in [3.63, 3.8) is 0 Å². The van der Waals surface area contributed by atoms with Crippen LogP contribution in [0.3, 0.4) is 0 Å². The van der Waals surface area contributed by atoms with Crippen molar-refractivity contribution in [2.24, 2.45) is 0 Å². The number of para-hydroxylation sites is 2. The molecular formula is C35H21N5O. The molecule has 0 N–H and O–H groups in total. The molecule has 6 nitrogen and oxygen atoms in total. The molecule has 0 saturated heterocycles. The SMILES string of the molecule is CC1(C)c2ccccc2-c2cc3nc4n(c3cc21)c1cccc2c1n4c1nc3c4oc5ccccc5c4ccc3n21. The number of hydrogen-bond acceptors (Lipinski definition) is 3. The highest BCUT2D eigenvalue weighted by atomic mass is 16.3. The van der Waals surface area contributed by atoms with Gasteiger partial charge in [0.15, 0.2) is 5.58 Å². The van der Waals surface area contributed by atoms with Gasteiger partial charge < -0.3 is 4.42 Å². The third-order valence-electron chi connectivity index (χ3n) is 9.59. The van der Waals surface area contributed by atoms with Crippen LogP contribution >= 0.6 is 0 Å². The Hall–Kier alpha value is -5.36. The quantitative estimate of drug-likeness (QED) is 0.199. The van der Waals surface area contributed by atoms with Crippen molar-refractivity contribution in [1.82, 2.24) is 23.2 Å². The Balaban J connectivity index is 1.31. The molecule has 5 aromatic carbocycles. The Bertz CT molecular complexity index is 2780. The number of furan rings is 1. The number of hydrogen-bond donors (Lipinski definition) is 0. The molecule has 0 saturated carbocycles. The summed E-state index contributed by atoms with van der Waals surface area (Å²) in [5.41, 5.74) is 14.4. The van der Waals surface area contributed by atoms with Crippen molar-refractivity contribution >= 4 is 72.1 Å². The molecule has 11 rings (SSSR count). The molecule has 41 heavy (non-hydrogen) atoms. The van der Waals surface area contributed by atoms with Crippen LogP contribution < -0.4 is 0 Å². The van der Waals surface area contributed by atoms with Crippen LogP contribution in [0.25, 0.3) is 83.2 Å². The minimum absolute atomic E-state index is 0.0726. The van der Waals surface area contributed by atoms with E-state index in [1.807, 2.05) is 12.1 Å². The van der Waals surface area contributed by atoms with Crippen LogP contribution in [0.2, 0.25) is 0 Å². The predicted molar refractivity (Wildman–Crippen MR) is 163 cm³/mol. The molecule has 0 aliphatic heterocycles. The van der Waals surface area contributed by atoms with Gasteiger partial charge in [-0.25, -0.2) is 14.4 Å². The molecule has 10 aromatic rings. The average molecular weight is 528 g/mol. The van der Waals surface area contributed by atoms with E-state index >= 15 is 0 Å². The van der Waals surface area contributed by atoms with Crippen LogP contribution in [-0.4, -0.2) is 23.2 Å². The summed E-state index contributed by atoms with van der Waals surface area (Å²) in [6.07, 6.45) is 0. The fourth-order valence-corrected chi connectivity index (χ4v) is 7.74. The summed E-state index contributed by atoms with van der Waals surface area (Å²) in [5, 5.41) is 2.20. The van der Waals surface area contributed by atoms with Crippen LogP contribution in [0, 0.1) is 0 Å². The first-order chi connectivity index (χ1) is 20.1. The van der Waals surface area contributed by atoms with Gasteiger partial charge >= 0.3 is 0 Å². The second-order valence-electron chi connectivity index (χ2n) is 11.9. The van der Waals surface area contributed by atoms with Crippen molar-refractivity contribution in [2.75, 3.05) is 0 Å². The Kier molecular flexibility index (Phi) is 3.17. The molecule has 0 amide bonds. The van der Waals surface area contributed by atoms with Gasteiger partial charge in [0.05, 0.1) is 27.6 Å². The van der Waals surface area contributed by atoms with Gasteiger partial charge in [-0.2, -0.15) is 0 Å². The lowest BCUT2D eigenvalue weighted by molar-refractivity contribution is 0.661. The molecular weight excluding hydrogens is 506 g/mol. The summed E-state index contributed by atoms with van der Waals surface area (Å²) >= 11 is 0.